The van der Waals surface area contributed by atoms with Crippen molar-refractivity contribution in [1.29, 1.82) is 5.26 Å². The minimum Gasteiger partial charge on any atom is -0.368 e. The van der Waals surface area contributed by atoms with E-state index in [0.717, 1.165) is 17.8 Å². The predicted octanol–water partition coefficient (Wildman–Crippen LogP) is 3.19. The minimum atomic E-state index is -0.801. The molecule has 1 aliphatic rings. The van der Waals surface area contributed by atoms with Crippen LogP contribution in [-0.4, -0.2) is 37.1 Å². The predicted molar refractivity (Wildman–Crippen MR) is 90.3 cm³/mol. The van der Waals surface area contributed by atoms with Gasteiger partial charge in [0, 0.05) is 31.9 Å². The molecule has 0 bridgehead atoms. The molecule has 0 radical (unpaired) electrons. The molecule has 5 nitrogen and oxygen atoms in total. The number of carbonyl (C=O) groups excluding carboxylic acids is 1. The van der Waals surface area contributed by atoms with E-state index in [0.29, 0.717) is 31.7 Å². The van der Waals surface area contributed by atoms with E-state index in [4.69, 9.17) is 5.26 Å². The first-order valence-electron chi connectivity index (χ1n) is 7.83. The van der Waals surface area contributed by atoms with Crippen molar-refractivity contribution in [1.82, 2.24) is 4.90 Å². The summed E-state index contributed by atoms with van der Waals surface area (Å²) in [5.74, 6) is -1.60. The van der Waals surface area contributed by atoms with Gasteiger partial charge in [-0.3, -0.25) is 0 Å². The summed E-state index contributed by atoms with van der Waals surface area (Å²) < 4.78 is 27.2. The second-order valence-corrected chi connectivity index (χ2v) is 5.66. The fourth-order valence-corrected chi connectivity index (χ4v) is 2.72. The highest BCUT2D eigenvalue weighted by atomic mass is 19.1. The number of nitriles is 1. The van der Waals surface area contributed by atoms with Gasteiger partial charge in [-0.05, 0) is 36.4 Å². The third-order valence-corrected chi connectivity index (χ3v) is 4.12. The molecule has 1 heterocycles. The van der Waals surface area contributed by atoms with Crippen LogP contribution in [0.3, 0.4) is 0 Å². The molecule has 0 atom stereocenters. The van der Waals surface area contributed by atoms with Gasteiger partial charge in [0.2, 0.25) is 0 Å². The van der Waals surface area contributed by atoms with Crippen LogP contribution in [0.4, 0.5) is 25.0 Å². The smallest absolute Gasteiger partial charge is 0.322 e. The zero-order chi connectivity index (χ0) is 17.8. The van der Waals surface area contributed by atoms with Crippen molar-refractivity contribution in [2.45, 2.75) is 0 Å². The Morgan fingerprint density at radius 2 is 1.60 bits per heavy atom. The molecule has 7 heteroatoms. The molecular formula is C18H16F2N4O. The van der Waals surface area contributed by atoms with Crippen LogP contribution in [-0.2, 0) is 0 Å². The van der Waals surface area contributed by atoms with Crippen LogP contribution in [0.25, 0.3) is 0 Å². The van der Waals surface area contributed by atoms with Gasteiger partial charge in [-0.1, -0.05) is 6.07 Å². The molecule has 25 heavy (non-hydrogen) atoms. The Kier molecular flexibility index (Phi) is 4.80. The van der Waals surface area contributed by atoms with Crippen LogP contribution in [0.2, 0.25) is 0 Å². The van der Waals surface area contributed by atoms with Crippen LogP contribution in [0.15, 0.2) is 42.5 Å². The number of anilines is 2. The van der Waals surface area contributed by atoms with Gasteiger partial charge in [0.05, 0.1) is 11.6 Å². The Bertz CT molecular complexity index is 789. The molecule has 2 aromatic carbocycles. The molecule has 1 fully saturated rings. The van der Waals surface area contributed by atoms with E-state index in [9.17, 15) is 13.6 Å². The molecule has 0 saturated carbocycles. The van der Waals surface area contributed by atoms with Crippen molar-refractivity contribution >= 4 is 17.4 Å². The van der Waals surface area contributed by atoms with Gasteiger partial charge in [-0.25, -0.2) is 13.6 Å². The highest BCUT2D eigenvalue weighted by Gasteiger charge is 2.23. The number of halogens is 2. The molecule has 2 amide bonds. The lowest BCUT2D eigenvalue weighted by Gasteiger charge is -2.36. The number of para-hydroxylation sites is 1. The fraction of sp³-hybridized carbons (Fsp3) is 0.222. The zero-order valence-electron chi connectivity index (χ0n) is 13.4. The quantitative estimate of drug-likeness (QED) is 0.912. The van der Waals surface area contributed by atoms with Crippen LogP contribution in [0.1, 0.15) is 5.56 Å². The molecule has 0 unspecified atom stereocenters. The van der Waals surface area contributed by atoms with Crippen molar-refractivity contribution in [3.63, 3.8) is 0 Å². The third-order valence-electron chi connectivity index (χ3n) is 4.12. The number of urea groups is 1. The highest BCUT2D eigenvalue weighted by Crippen LogP contribution is 2.20. The largest absolute Gasteiger partial charge is 0.368 e. The number of hydrogen-bond donors (Lipinski definition) is 1. The van der Waals surface area contributed by atoms with Crippen LogP contribution in [0, 0.1) is 23.0 Å². The maximum atomic E-state index is 13.6. The van der Waals surface area contributed by atoms with E-state index >= 15 is 0 Å². The molecule has 0 spiro atoms. The van der Waals surface area contributed by atoms with E-state index < -0.39 is 23.4 Å². The Morgan fingerprint density at radius 1 is 1.00 bits per heavy atom. The number of amides is 2. The summed E-state index contributed by atoms with van der Waals surface area (Å²) in [6.07, 6.45) is 0. The Labute approximate surface area is 144 Å². The van der Waals surface area contributed by atoms with E-state index in [1.807, 2.05) is 12.1 Å². The standard InChI is InChI=1S/C18H16F2N4O/c19-15-2-1-3-16(20)17(15)22-18(25)24-10-8-23(9-11-24)14-6-4-13(12-21)5-7-14/h1-7H,8-11H2,(H,22,25). The summed E-state index contributed by atoms with van der Waals surface area (Å²) in [6, 6.07) is 12.2. The fourth-order valence-electron chi connectivity index (χ4n) is 2.72. The van der Waals surface area contributed by atoms with E-state index in [1.165, 1.54) is 11.0 Å². The molecule has 0 aromatic heterocycles. The molecule has 0 aliphatic carbocycles. The number of benzene rings is 2. The number of nitrogens with zero attached hydrogens (tertiary/aromatic N) is 3. The monoisotopic (exact) mass is 342 g/mol. The zero-order valence-corrected chi connectivity index (χ0v) is 13.4. The van der Waals surface area contributed by atoms with Crippen LogP contribution < -0.4 is 10.2 Å². The Morgan fingerprint density at radius 3 is 2.16 bits per heavy atom. The molecule has 2 aromatic rings. The molecule has 128 valence electrons. The van der Waals surface area contributed by atoms with Crippen molar-refractivity contribution in [3.05, 3.63) is 59.7 Å². The summed E-state index contributed by atoms with van der Waals surface area (Å²) in [7, 11) is 0. The number of piperazine rings is 1. The Balaban J connectivity index is 1.60. The number of carbonyl (C=O) groups is 1. The third kappa shape index (κ3) is 3.69. The molecule has 3 rings (SSSR count). The van der Waals surface area contributed by atoms with Crippen LogP contribution >= 0.6 is 0 Å². The molecule has 1 aliphatic heterocycles. The van der Waals surface area contributed by atoms with Crippen molar-refractivity contribution in [2.24, 2.45) is 0 Å². The second kappa shape index (κ2) is 7.18. The lowest BCUT2D eigenvalue weighted by molar-refractivity contribution is 0.208. The van der Waals surface area contributed by atoms with Crippen molar-refractivity contribution < 1.29 is 13.6 Å². The van der Waals surface area contributed by atoms with Gasteiger partial charge < -0.3 is 15.1 Å². The minimum absolute atomic E-state index is 0.429. The highest BCUT2D eigenvalue weighted by molar-refractivity contribution is 5.89. The summed E-state index contributed by atoms with van der Waals surface area (Å²) in [4.78, 5) is 15.8. The summed E-state index contributed by atoms with van der Waals surface area (Å²) in [6.45, 7) is 2.06. The SMILES string of the molecule is N#Cc1ccc(N2CCN(C(=O)Nc3c(F)cccc3F)CC2)cc1. The van der Waals surface area contributed by atoms with E-state index in [1.54, 1.807) is 12.1 Å². The van der Waals surface area contributed by atoms with Gasteiger partial charge in [-0.2, -0.15) is 5.26 Å². The molecular weight excluding hydrogens is 326 g/mol. The first kappa shape index (κ1) is 16.7. The average molecular weight is 342 g/mol. The van der Waals surface area contributed by atoms with Crippen molar-refractivity contribution in [2.75, 3.05) is 36.4 Å². The summed E-state index contributed by atoms with van der Waals surface area (Å²) >= 11 is 0. The van der Waals surface area contributed by atoms with Gasteiger partial charge >= 0.3 is 6.03 Å². The lowest BCUT2D eigenvalue weighted by atomic mass is 10.2. The molecule has 1 saturated heterocycles. The van der Waals surface area contributed by atoms with Crippen molar-refractivity contribution in [3.8, 4) is 6.07 Å². The first-order chi connectivity index (χ1) is 12.1. The maximum absolute atomic E-state index is 13.6. The van der Waals surface area contributed by atoms with Crippen LogP contribution in [0.5, 0.6) is 0 Å². The summed E-state index contributed by atoms with van der Waals surface area (Å²) in [5.41, 5.74) is 1.13. The van der Waals surface area contributed by atoms with Gasteiger partial charge in [0.15, 0.2) is 0 Å². The van der Waals surface area contributed by atoms with E-state index in [2.05, 4.69) is 16.3 Å². The maximum Gasteiger partial charge on any atom is 0.322 e. The number of rotatable bonds is 2. The first-order valence-corrected chi connectivity index (χ1v) is 7.83. The van der Waals surface area contributed by atoms with E-state index in [-0.39, 0.29) is 0 Å². The Hall–Kier alpha value is -3.14. The lowest BCUT2D eigenvalue weighted by Crippen LogP contribution is -2.50. The average Bonchev–Trinajstić information content (AvgIpc) is 2.65. The summed E-state index contributed by atoms with van der Waals surface area (Å²) in [5, 5.41) is 11.1. The number of hydrogen-bond acceptors (Lipinski definition) is 3. The van der Waals surface area contributed by atoms with Gasteiger partial charge in [0.1, 0.15) is 17.3 Å². The number of nitrogens with one attached hydrogen (secondary N) is 1. The second-order valence-electron chi connectivity index (χ2n) is 5.66. The van der Waals surface area contributed by atoms with Gasteiger partial charge in [0.25, 0.3) is 0 Å². The molecule has 1 N–H and O–H groups in total. The topological polar surface area (TPSA) is 59.4 Å². The normalized spacial score (nSPS) is 14.1. The van der Waals surface area contributed by atoms with Gasteiger partial charge in [-0.15, -0.1) is 0 Å².